The number of nitrogens with one attached hydrogen (secondary N) is 1. The summed E-state index contributed by atoms with van der Waals surface area (Å²) in [5.41, 5.74) is 3.06. The van der Waals surface area contributed by atoms with Gasteiger partial charge in [-0.1, -0.05) is 6.07 Å². The first-order valence-electron chi connectivity index (χ1n) is 9.33. The molecule has 4 aliphatic rings. The average molecular weight is 323 g/mol. The highest BCUT2D eigenvalue weighted by molar-refractivity contribution is 5.79. The average Bonchev–Trinajstić information content (AvgIpc) is 2.88. The Hall–Kier alpha value is -1.84. The molecule has 4 bridgehead atoms. The molecule has 24 heavy (non-hydrogen) atoms. The number of pyridine rings is 1. The first-order valence-corrected chi connectivity index (χ1v) is 9.33. The predicted octanol–water partition coefficient (Wildman–Crippen LogP) is 3.27. The molecular formula is C20H25N3O. The van der Waals surface area contributed by atoms with Gasteiger partial charge in [0.25, 0.3) is 0 Å². The van der Waals surface area contributed by atoms with E-state index in [1.165, 1.54) is 38.5 Å². The largest absolute Gasteiger partial charge is 0.350 e. The molecule has 0 spiro atoms. The van der Waals surface area contributed by atoms with E-state index in [-0.39, 0.29) is 11.4 Å². The van der Waals surface area contributed by atoms with Gasteiger partial charge in [0.05, 0.1) is 12.1 Å². The van der Waals surface area contributed by atoms with Gasteiger partial charge in [0, 0.05) is 17.9 Å². The summed E-state index contributed by atoms with van der Waals surface area (Å²) in [5, 5.41) is 3.44. The highest BCUT2D eigenvalue weighted by Gasteiger charge is 2.51. The number of carbonyl (C=O) groups excluding carboxylic acids is 1. The van der Waals surface area contributed by atoms with Crippen LogP contribution in [0.4, 0.5) is 0 Å². The minimum atomic E-state index is 0.0981. The molecule has 2 aromatic rings. The molecule has 0 aromatic carbocycles. The standard InChI is InChI=1S/C20H25N3O/c1-13-3-2-4-23-12-17(21-19(13)23)8-18(24)22-20-9-14-5-15(10-20)7-16(6-14)11-20/h2-4,12,14-16H,5-11H2,1H3,(H,22,24). The van der Waals surface area contributed by atoms with Gasteiger partial charge in [0.15, 0.2) is 0 Å². The Labute approximate surface area is 142 Å². The molecule has 1 N–H and O–H groups in total. The van der Waals surface area contributed by atoms with Crippen molar-refractivity contribution in [3.05, 3.63) is 35.8 Å². The molecule has 2 heterocycles. The lowest BCUT2D eigenvalue weighted by molar-refractivity contribution is -0.126. The Balaban J connectivity index is 1.33. The molecule has 0 radical (unpaired) electrons. The molecule has 4 nitrogen and oxygen atoms in total. The van der Waals surface area contributed by atoms with Crippen molar-refractivity contribution in [1.82, 2.24) is 14.7 Å². The van der Waals surface area contributed by atoms with Gasteiger partial charge in [0.1, 0.15) is 5.65 Å². The third-order valence-electron chi connectivity index (χ3n) is 6.51. The minimum absolute atomic E-state index is 0.0981. The number of aryl methyl sites for hydroxylation is 1. The highest BCUT2D eigenvalue weighted by Crippen LogP contribution is 2.55. The number of imidazole rings is 1. The molecule has 126 valence electrons. The van der Waals surface area contributed by atoms with Crippen LogP contribution in [-0.2, 0) is 11.2 Å². The highest BCUT2D eigenvalue weighted by atomic mass is 16.1. The lowest BCUT2D eigenvalue weighted by Gasteiger charge is -2.56. The molecule has 4 fully saturated rings. The zero-order chi connectivity index (χ0) is 16.3. The number of fused-ring (bicyclic) bond motifs is 1. The fourth-order valence-electron chi connectivity index (χ4n) is 6.06. The molecule has 0 aliphatic heterocycles. The van der Waals surface area contributed by atoms with E-state index in [0.29, 0.717) is 6.42 Å². The molecule has 1 amide bonds. The van der Waals surface area contributed by atoms with Crippen LogP contribution < -0.4 is 5.32 Å². The van der Waals surface area contributed by atoms with E-state index in [0.717, 1.165) is 34.7 Å². The second-order valence-corrected chi connectivity index (χ2v) is 8.58. The first kappa shape index (κ1) is 14.5. The molecule has 2 aromatic heterocycles. The summed E-state index contributed by atoms with van der Waals surface area (Å²) in [5.74, 6) is 2.72. The lowest BCUT2D eigenvalue weighted by atomic mass is 9.53. The van der Waals surface area contributed by atoms with Crippen molar-refractivity contribution in [2.45, 2.75) is 57.4 Å². The van der Waals surface area contributed by atoms with Crippen molar-refractivity contribution in [2.24, 2.45) is 17.8 Å². The van der Waals surface area contributed by atoms with Crippen LogP contribution in [0.1, 0.15) is 49.8 Å². The van der Waals surface area contributed by atoms with E-state index in [9.17, 15) is 4.79 Å². The van der Waals surface area contributed by atoms with E-state index in [4.69, 9.17) is 0 Å². The van der Waals surface area contributed by atoms with Gasteiger partial charge in [-0.2, -0.15) is 0 Å². The normalized spacial score (nSPS) is 34.0. The molecule has 4 aliphatic carbocycles. The Morgan fingerprint density at radius 3 is 2.54 bits per heavy atom. The summed E-state index contributed by atoms with van der Waals surface area (Å²) >= 11 is 0. The summed E-state index contributed by atoms with van der Waals surface area (Å²) in [7, 11) is 0. The van der Waals surface area contributed by atoms with Crippen LogP contribution in [0.3, 0.4) is 0 Å². The van der Waals surface area contributed by atoms with Crippen LogP contribution in [0.5, 0.6) is 0 Å². The second-order valence-electron chi connectivity index (χ2n) is 8.58. The SMILES string of the molecule is Cc1cccn2cc(CC(=O)NC34CC5CC(CC(C5)C3)C4)nc12. The third-order valence-corrected chi connectivity index (χ3v) is 6.51. The van der Waals surface area contributed by atoms with Crippen molar-refractivity contribution < 1.29 is 4.79 Å². The van der Waals surface area contributed by atoms with Crippen LogP contribution in [0.2, 0.25) is 0 Å². The van der Waals surface area contributed by atoms with Gasteiger partial charge in [-0.15, -0.1) is 0 Å². The monoisotopic (exact) mass is 323 g/mol. The summed E-state index contributed by atoms with van der Waals surface area (Å²) in [6.45, 7) is 2.06. The summed E-state index contributed by atoms with van der Waals surface area (Å²) in [6.07, 6.45) is 12.2. The number of rotatable bonds is 3. The maximum Gasteiger partial charge on any atom is 0.226 e. The van der Waals surface area contributed by atoms with Crippen LogP contribution in [0.15, 0.2) is 24.5 Å². The zero-order valence-corrected chi connectivity index (χ0v) is 14.3. The Morgan fingerprint density at radius 1 is 1.25 bits per heavy atom. The smallest absolute Gasteiger partial charge is 0.226 e. The van der Waals surface area contributed by atoms with Gasteiger partial charge in [0.2, 0.25) is 5.91 Å². The molecule has 4 heteroatoms. The van der Waals surface area contributed by atoms with Crippen LogP contribution >= 0.6 is 0 Å². The molecule has 0 unspecified atom stereocenters. The van der Waals surface area contributed by atoms with Crippen molar-refractivity contribution in [3.8, 4) is 0 Å². The quantitative estimate of drug-likeness (QED) is 0.942. The van der Waals surface area contributed by atoms with E-state index in [1.54, 1.807) is 0 Å². The molecule has 0 saturated heterocycles. The summed E-state index contributed by atoms with van der Waals surface area (Å²) < 4.78 is 2.02. The van der Waals surface area contributed by atoms with Crippen LogP contribution in [-0.4, -0.2) is 20.8 Å². The molecule has 4 saturated carbocycles. The topological polar surface area (TPSA) is 46.4 Å². The van der Waals surface area contributed by atoms with Crippen molar-refractivity contribution in [3.63, 3.8) is 0 Å². The van der Waals surface area contributed by atoms with E-state index in [1.807, 2.05) is 22.9 Å². The van der Waals surface area contributed by atoms with Crippen molar-refractivity contribution in [2.75, 3.05) is 0 Å². The maximum atomic E-state index is 12.7. The number of hydrogen-bond donors (Lipinski definition) is 1. The lowest BCUT2D eigenvalue weighted by Crippen LogP contribution is -2.60. The van der Waals surface area contributed by atoms with Gasteiger partial charge >= 0.3 is 0 Å². The Morgan fingerprint density at radius 2 is 1.92 bits per heavy atom. The number of carbonyl (C=O) groups is 1. The van der Waals surface area contributed by atoms with Gasteiger partial charge < -0.3 is 9.72 Å². The number of aromatic nitrogens is 2. The van der Waals surface area contributed by atoms with Gasteiger partial charge in [-0.05, 0) is 74.8 Å². The maximum absolute atomic E-state index is 12.7. The second kappa shape index (κ2) is 5.08. The van der Waals surface area contributed by atoms with E-state index in [2.05, 4.69) is 23.3 Å². The fourth-order valence-corrected chi connectivity index (χ4v) is 6.06. The predicted molar refractivity (Wildman–Crippen MR) is 92.7 cm³/mol. The first-order chi connectivity index (χ1) is 11.6. The Bertz CT molecular complexity index is 771. The number of nitrogens with zero attached hydrogens (tertiary/aromatic N) is 2. The fraction of sp³-hybridized carbons (Fsp3) is 0.600. The Kier molecular flexibility index (Phi) is 3.07. The third kappa shape index (κ3) is 2.35. The minimum Gasteiger partial charge on any atom is -0.350 e. The van der Waals surface area contributed by atoms with Crippen LogP contribution in [0, 0.1) is 24.7 Å². The van der Waals surface area contributed by atoms with E-state index < -0.39 is 0 Å². The summed E-state index contributed by atoms with van der Waals surface area (Å²) in [4.78, 5) is 17.3. The number of hydrogen-bond acceptors (Lipinski definition) is 2. The molecule has 0 atom stereocenters. The van der Waals surface area contributed by atoms with Gasteiger partial charge in [-0.25, -0.2) is 4.98 Å². The van der Waals surface area contributed by atoms with Crippen molar-refractivity contribution in [1.29, 1.82) is 0 Å². The zero-order valence-electron chi connectivity index (χ0n) is 14.3. The van der Waals surface area contributed by atoms with Gasteiger partial charge in [-0.3, -0.25) is 4.79 Å². The molecular weight excluding hydrogens is 298 g/mol. The van der Waals surface area contributed by atoms with Crippen LogP contribution in [0.25, 0.3) is 5.65 Å². The van der Waals surface area contributed by atoms with Crippen molar-refractivity contribution >= 4 is 11.6 Å². The molecule has 6 rings (SSSR count). The summed E-state index contributed by atoms with van der Waals surface area (Å²) in [6, 6.07) is 4.07. The number of amides is 1. The van der Waals surface area contributed by atoms with E-state index >= 15 is 0 Å².